The quantitative estimate of drug-likeness (QED) is 0.831. The lowest BCUT2D eigenvalue weighted by molar-refractivity contribution is -0.139. The van der Waals surface area contributed by atoms with E-state index in [9.17, 15) is 14.4 Å². The number of nitrogens with zero attached hydrogens (tertiary/aromatic N) is 3. The SMILES string of the molecule is CN(CC(=O)N1CCN(C(=O)Cc2c[nH]c3ccccc23)CC1)C(=O)OC(C)(C)C. The van der Waals surface area contributed by atoms with Gasteiger partial charge in [0.15, 0.2) is 0 Å². The Morgan fingerprint density at radius 2 is 1.63 bits per heavy atom. The molecule has 1 aliphatic rings. The van der Waals surface area contributed by atoms with Crippen molar-refractivity contribution < 1.29 is 19.1 Å². The Bertz CT molecular complexity index is 923. The Morgan fingerprint density at radius 3 is 2.27 bits per heavy atom. The number of amides is 3. The van der Waals surface area contributed by atoms with Crippen LogP contribution in [0.1, 0.15) is 26.3 Å². The molecule has 3 amide bonds. The average Bonchev–Trinajstić information content (AvgIpc) is 3.09. The van der Waals surface area contributed by atoms with Crippen molar-refractivity contribution in [2.24, 2.45) is 0 Å². The molecule has 0 unspecified atom stereocenters. The second kappa shape index (κ2) is 8.77. The standard InChI is InChI=1S/C22H30N4O4/c1-22(2,3)30-21(29)24(4)15-20(28)26-11-9-25(10-12-26)19(27)13-16-14-23-18-8-6-5-7-17(16)18/h5-8,14,23H,9-13,15H2,1-4H3. The van der Waals surface area contributed by atoms with E-state index in [1.165, 1.54) is 4.90 Å². The van der Waals surface area contributed by atoms with Gasteiger partial charge in [0.25, 0.3) is 0 Å². The van der Waals surface area contributed by atoms with E-state index in [0.29, 0.717) is 32.6 Å². The highest BCUT2D eigenvalue weighted by Crippen LogP contribution is 2.19. The van der Waals surface area contributed by atoms with Gasteiger partial charge < -0.3 is 24.4 Å². The number of para-hydroxylation sites is 1. The first-order valence-corrected chi connectivity index (χ1v) is 10.2. The molecule has 0 atom stereocenters. The average molecular weight is 415 g/mol. The van der Waals surface area contributed by atoms with Crippen LogP contribution in [0.2, 0.25) is 0 Å². The predicted molar refractivity (Wildman–Crippen MR) is 114 cm³/mol. The number of aromatic nitrogens is 1. The lowest BCUT2D eigenvalue weighted by atomic mass is 10.1. The van der Waals surface area contributed by atoms with E-state index < -0.39 is 11.7 Å². The van der Waals surface area contributed by atoms with E-state index >= 15 is 0 Å². The first-order chi connectivity index (χ1) is 14.1. The van der Waals surface area contributed by atoms with Crippen LogP contribution in [0.5, 0.6) is 0 Å². The van der Waals surface area contributed by atoms with Crippen LogP contribution in [0, 0.1) is 0 Å². The van der Waals surface area contributed by atoms with E-state index in [2.05, 4.69) is 4.98 Å². The molecule has 30 heavy (non-hydrogen) atoms. The lowest BCUT2D eigenvalue weighted by Gasteiger charge is -2.35. The fraction of sp³-hybridized carbons (Fsp3) is 0.500. The minimum absolute atomic E-state index is 0.0435. The summed E-state index contributed by atoms with van der Waals surface area (Å²) in [6, 6.07) is 7.91. The summed E-state index contributed by atoms with van der Waals surface area (Å²) in [5.74, 6) is -0.0928. The Balaban J connectivity index is 1.48. The van der Waals surface area contributed by atoms with Gasteiger partial charge in [-0.2, -0.15) is 0 Å². The van der Waals surface area contributed by atoms with Crippen LogP contribution >= 0.6 is 0 Å². The van der Waals surface area contributed by atoms with Crippen molar-refractivity contribution in [1.29, 1.82) is 0 Å². The minimum Gasteiger partial charge on any atom is -0.444 e. The van der Waals surface area contributed by atoms with Crippen LogP contribution in [-0.2, 0) is 20.7 Å². The molecule has 0 bridgehead atoms. The van der Waals surface area contributed by atoms with Gasteiger partial charge in [-0.15, -0.1) is 0 Å². The number of piperazine rings is 1. The molecular formula is C22H30N4O4. The van der Waals surface area contributed by atoms with Crippen LogP contribution in [0.3, 0.4) is 0 Å². The number of ether oxygens (including phenoxy) is 1. The zero-order valence-electron chi connectivity index (χ0n) is 18.1. The Morgan fingerprint density at radius 1 is 1.03 bits per heavy atom. The zero-order chi connectivity index (χ0) is 21.9. The van der Waals surface area contributed by atoms with Gasteiger partial charge in [-0.25, -0.2) is 4.79 Å². The van der Waals surface area contributed by atoms with Gasteiger partial charge >= 0.3 is 6.09 Å². The molecule has 0 spiro atoms. The summed E-state index contributed by atoms with van der Waals surface area (Å²) in [7, 11) is 1.55. The summed E-state index contributed by atoms with van der Waals surface area (Å²) in [6.07, 6.45) is 1.69. The Hall–Kier alpha value is -3.03. The molecule has 162 valence electrons. The summed E-state index contributed by atoms with van der Waals surface area (Å²) in [4.78, 5) is 45.3. The molecule has 0 saturated carbocycles. The first-order valence-electron chi connectivity index (χ1n) is 10.2. The molecule has 3 rings (SSSR count). The van der Waals surface area contributed by atoms with Gasteiger partial charge in [-0.05, 0) is 32.4 Å². The van der Waals surface area contributed by atoms with E-state index in [0.717, 1.165) is 16.5 Å². The molecular weight excluding hydrogens is 384 g/mol. The number of likely N-dealkylation sites (N-methyl/N-ethyl adjacent to an activating group) is 1. The number of aromatic amines is 1. The molecule has 1 aromatic carbocycles. The maximum Gasteiger partial charge on any atom is 0.410 e. The highest BCUT2D eigenvalue weighted by atomic mass is 16.6. The molecule has 0 aliphatic carbocycles. The summed E-state index contributed by atoms with van der Waals surface area (Å²) in [5, 5.41) is 1.06. The summed E-state index contributed by atoms with van der Waals surface area (Å²) in [6.45, 7) is 7.21. The van der Waals surface area contributed by atoms with E-state index in [1.807, 2.05) is 30.5 Å². The van der Waals surface area contributed by atoms with E-state index in [1.54, 1.807) is 37.6 Å². The number of carbonyl (C=O) groups is 3. The number of rotatable bonds is 4. The van der Waals surface area contributed by atoms with E-state index in [4.69, 9.17) is 4.74 Å². The number of benzene rings is 1. The normalized spacial score (nSPS) is 14.7. The fourth-order valence-electron chi connectivity index (χ4n) is 3.47. The second-order valence-electron chi connectivity index (χ2n) is 8.63. The number of fused-ring (bicyclic) bond motifs is 1. The summed E-state index contributed by atoms with van der Waals surface area (Å²) >= 11 is 0. The van der Waals surface area contributed by atoms with Crippen molar-refractivity contribution in [3.8, 4) is 0 Å². The van der Waals surface area contributed by atoms with Crippen LogP contribution in [0.25, 0.3) is 10.9 Å². The van der Waals surface area contributed by atoms with Gasteiger partial charge in [0, 0.05) is 50.3 Å². The van der Waals surface area contributed by atoms with Gasteiger partial charge in [-0.3, -0.25) is 9.59 Å². The largest absolute Gasteiger partial charge is 0.444 e. The molecule has 1 saturated heterocycles. The molecule has 2 aromatic rings. The van der Waals surface area contributed by atoms with Gasteiger partial charge in [0.2, 0.25) is 11.8 Å². The van der Waals surface area contributed by atoms with Crippen LogP contribution in [0.15, 0.2) is 30.5 Å². The molecule has 1 aliphatic heterocycles. The predicted octanol–water partition coefficient (Wildman–Crippen LogP) is 2.25. The number of hydrogen-bond donors (Lipinski definition) is 1. The molecule has 2 heterocycles. The number of hydrogen-bond acceptors (Lipinski definition) is 4. The fourth-order valence-corrected chi connectivity index (χ4v) is 3.47. The van der Waals surface area contributed by atoms with Crippen LogP contribution in [0.4, 0.5) is 4.79 Å². The molecule has 1 aromatic heterocycles. The van der Waals surface area contributed by atoms with Crippen molar-refractivity contribution in [3.63, 3.8) is 0 Å². The van der Waals surface area contributed by atoms with Crippen LogP contribution in [-0.4, -0.2) is 83.0 Å². The smallest absolute Gasteiger partial charge is 0.410 e. The van der Waals surface area contributed by atoms with Crippen molar-refractivity contribution in [2.45, 2.75) is 32.8 Å². The molecule has 1 N–H and O–H groups in total. The van der Waals surface area contributed by atoms with Crippen molar-refractivity contribution >= 4 is 28.8 Å². The second-order valence-corrected chi connectivity index (χ2v) is 8.63. The topological polar surface area (TPSA) is 86.0 Å². The highest BCUT2D eigenvalue weighted by molar-refractivity contribution is 5.89. The van der Waals surface area contributed by atoms with Gasteiger partial charge in [0.05, 0.1) is 6.42 Å². The Kier molecular flexibility index (Phi) is 6.34. The van der Waals surface area contributed by atoms with Gasteiger partial charge in [0.1, 0.15) is 12.1 Å². The Labute approximate surface area is 176 Å². The van der Waals surface area contributed by atoms with Crippen molar-refractivity contribution in [3.05, 3.63) is 36.0 Å². The third kappa shape index (κ3) is 5.31. The molecule has 8 nitrogen and oxygen atoms in total. The third-order valence-electron chi connectivity index (χ3n) is 5.08. The number of H-pyrrole nitrogens is 1. The molecule has 1 fully saturated rings. The molecule has 8 heteroatoms. The van der Waals surface area contributed by atoms with E-state index in [-0.39, 0.29) is 18.4 Å². The monoisotopic (exact) mass is 414 g/mol. The van der Waals surface area contributed by atoms with Crippen molar-refractivity contribution in [2.75, 3.05) is 39.8 Å². The number of nitrogens with one attached hydrogen (secondary N) is 1. The van der Waals surface area contributed by atoms with Crippen LogP contribution < -0.4 is 0 Å². The summed E-state index contributed by atoms with van der Waals surface area (Å²) in [5.41, 5.74) is 1.39. The van der Waals surface area contributed by atoms with Crippen molar-refractivity contribution in [1.82, 2.24) is 19.7 Å². The lowest BCUT2D eigenvalue weighted by Crippen LogP contribution is -2.53. The maximum atomic E-state index is 12.7. The number of carbonyl (C=O) groups excluding carboxylic acids is 3. The highest BCUT2D eigenvalue weighted by Gasteiger charge is 2.27. The molecule has 0 radical (unpaired) electrons. The third-order valence-corrected chi connectivity index (χ3v) is 5.08. The summed E-state index contributed by atoms with van der Waals surface area (Å²) < 4.78 is 5.28. The maximum absolute atomic E-state index is 12.7. The van der Waals surface area contributed by atoms with Gasteiger partial charge in [-0.1, -0.05) is 18.2 Å². The zero-order valence-corrected chi connectivity index (χ0v) is 18.1. The minimum atomic E-state index is -0.606. The first kappa shape index (κ1) is 21.7.